The van der Waals surface area contributed by atoms with E-state index in [-0.39, 0.29) is 0 Å². The first kappa shape index (κ1) is 14.5. The molecule has 2 aromatic carbocycles. The minimum Gasteiger partial charge on any atom is -0.120 e. The lowest BCUT2D eigenvalue weighted by atomic mass is 10.1. The van der Waals surface area contributed by atoms with Crippen LogP contribution in [0.15, 0.2) is 55.1 Å². The van der Waals surface area contributed by atoms with Gasteiger partial charge in [0.05, 0.1) is 0 Å². The number of hydrogen-bond donors (Lipinski definition) is 0. The summed E-state index contributed by atoms with van der Waals surface area (Å²) < 4.78 is 0. The van der Waals surface area contributed by atoms with Crippen LogP contribution in [0, 0.1) is 0 Å². The van der Waals surface area contributed by atoms with Crippen LogP contribution in [0.25, 0.3) is 10.8 Å². The molecule has 0 spiro atoms. The van der Waals surface area contributed by atoms with Crippen LogP contribution in [0.1, 0.15) is 19.8 Å². The molecule has 0 nitrogen and oxygen atoms in total. The maximum atomic E-state index is 4.14. The second-order valence-electron chi connectivity index (χ2n) is 5.09. The van der Waals surface area contributed by atoms with Crippen molar-refractivity contribution < 1.29 is 0 Å². The zero-order chi connectivity index (χ0) is 13.7. The number of halogens is 1. The highest BCUT2D eigenvalue weighted by atomic mass is 79.9. The normalized spacial score (nSPS) is 14.2. The van der Waals surface area contributed by atoms with E-state index < -0.39 is 6.69 Å². The van der Waals surface area contributed by atoms with Crippen molar-refractivity contribution in [2.24, 2.45) is 0 Å². The number of fused-ring (bicyclic) bond motifs is 1. The highest BCUT2D eigenvalue weighted by molar-refractivity contribution is 9.26. The van der Waals surface area contributed by atoms with E-state index in [0.29, 0.717) is 0 Å². The Kier molecular flexibility index (Phi) is 5.00. The topological polar surface area (TPSA) is 0 Å². The minimum absolute atomic E-state index is 1.10. The van der Waals surface area contributed by atoms with Crippen LogP contribution in [0.5, 0.6) is 0 Å². The maximum Gasteiger partial charge on any atom is 0.164 e. The molecule has 2 rings (SSSR count). The van der Waals surface area contributed by atoms with Gasteiger partial charge >= 0.3 is 0 Å². The van der Waals surface area contributed by atoms with Crippen LogP contribution in [0.3, 0.4) is 0 Å². The average Bonchev–Trinajstić information content (AvgIpc) is 2.45. The second-order valence-corrected chi connectivity index (χ2v) is 13.0. The van der Waals surface area contributed by atoms with E-state index in [9.17, 15) is 0 Å². The Bertz CT molecular complexity index is 559. The van der Waals surface area contributed by atoms with Gasteiger partial charge in [-0.15, -0.1) is 21.9 Å². The number of benzene rings is 2. The predicted octanol–water partition coefficient (Wildman–Crippen LogP) is 5.37. The van der Waals surface area contributed by atoms with Gasteiger partial charge in [0.25, 0.3) is 0 Å². The van der Waals surface area contributed by atoms with Crippen LogP contribution >= 0.6 is 15.3 Å². The van der Waals surface area contributed by atoms with E-state index in [1.165, 1.54) is 34.8 Å². The third-order valence-corrected chi connectivity index (χ3v) is 10.6. The van der Waals surface area contributed by atoms with E-state index in [2.05, 4.69) is 77.3 Å². The summed E-state index contributed by atoms with van der Waals surface area (Å²) in [5, 5.41) is 4.28. The van der Waals surface area contributed by atoms with Crippen molar-refractivity contribution in [3.8, 4) is 0 Å². The van der Waals surface area contributed by atoms with Gasteiger partial charge in [-0.25, -0.2) is 0 Å². The zero-order valence-corrected chi connectivity index (χ0v) is 14.1. The number of unbranched alkanes of at least 4 members (excludes halogenated alkanes) is 1. The molecular weight excluding hydrogens is 312 g/mol. The van der Waals surface area contributed by atoms with E-state index in [4.69, 9.17) is 0 Å². The number of hydrogen-bond acceptors (Lipinski definition) is 0. The van der Waals surface area contributed by atoms with E-state index >= 15 is 0 Å². The molecule has 2 aromatic rings. The summed E-state index contributed by atoms with van der Waals surface area (Å²) in [4.78, 5) is 0. The molecule has 0 aliphatic rings. The lowest BCUT2D eigenvalue weighted by Crippen LogP contribution is -2.41. The molecule has 0 N–H and O–H groups in total. The number of rotatable bonds is 6. The zero-order valence-electron chi connectivity index (χ0n) is 11.5. The van der Waals surface area contributed by atoms with E-state index in [0.717, 1.165) is 6.04 Å². The quantitative estimate of drug-likeness (QED) is 0.378. The monoisotopic (exact) mass is 332 g/mol. The van der Waals surface area contributed by atoms with Gasteiger partial charge in [0, 0.05) is 0 Å². The predicted molar refractivity (Wildman–Crippen MR) is 93.0 cm³/mol. The molecule has 0 aromatic heterocycles. The van der Waals surface area contributed by atoms with Crippen molar-refractivity contribution in [1.29, 1.82) is 0 Å². The van der Waals surface area contributed by atoms with Gasteiger partial charge in [0.15, 0.2) is 6.69 Å². The average molecular weight is 333 g/mol. The molecule has 0 saturated carbocycles. The van der Waals surface area contributed by atoms with Gasteiger partial charge in [-0.3, -0.25) is 0 Å². The Morgan fingerprint density at radius 2 is 1.89 bits per heavy atom. The van der Waals surface area contributed by atoms with E-state index in [1.807, 2.05) is 0 Å². The molecule has 0 saturated heterocycles. The van der Waals surface area contributed by atoms with Gasteiger partial charge in [-0.2, -0.15) is 0 Å². The first-order valence-corrected chi connectivity index (χ1v) is 11.7. The Balaban J connectivity index is 2.52. The highest BCUT2D eigenvalue weighted by Crippen LogP contribution is 2.29. The molecule has 19 heavy (non-hydrogen) atoms. The van der Waals surface area contributed by atoms with Crippen molar-refractivity contribution in [3.63, 3.8) is 0 Å². The fourth-order valence-corrected chi connectivity index (χ4v) is 8.38. The highest BCUT2D eigenvalue weighted by Gasteiger charge is 2.31. The van der Waals surface area contributed by atoms with Gasteiger partial charge in [0.1, 0.15) is 0 Å². The van der Waals surface area contributed by atoms with Crippen LogP contribution in [-0.4, -0.2) is 6.69 Å². The third kappa shape index (κ3) is 3.18. The minimum atomic E-state index is -1.62. The molecule has 1 unspecified atom stereocenters. The van der Waals surface area contributed by atoms with Crippen LogP contribution in [-0.2, 0) is 0 Å². The molecule has 0 heterocycles. The van der Waals surface area contributed by atoms with Crippen LogP contribution in [0.4, 0.5) is 0 Å². The largest absolute Gasteiger partial charge is 0.164 e. The molecule has 0 amide bonds. The van der Waals surface area contributed by atoms with Crippen LogP contribution < -0.4 is 5.19 Å². The molecule has 0 aliphatic carbocycles. The van der Waals surface area contributed by atoms with Crippen molar-refractivity contribution in [2.45, 2.75) is 31.9 Å². The maximum absolute atomic E-state index is 4.14. The molecule has 0 radical (unpaired) electrons. The Labute approximate surface area is 125 Å². The van der Waals surface area contributed by atoms with Gasteiger partial charge in [-0.05, 0) is 28.0 Å². The van der Waals surface area contributed by atoms with Gasteiger partial charge in [0.2, 0.25) is 0 Å². The molecule has 2 heteroatoms. The fourth-order valence-electron chi connectivity index (χ4n) is 2.65. The molecule has 0 bridgehead atoms. The second kappa shape index (κ2) is 6.53. The Hall–Kier alpha value is -0.863. The summed E-state index contributed by atoms with van der Waals surface area (Å²) in [6.45, 7) is 4.61. The Morgan fingerprint density at radius 1 is 1.16 bits per heavy atom. The first-order valence-electron chi connectivity index (χ1n) is 6.99. The Morgan fingerprint density at radius 3 is 2.63 bits per heavy atom. The molecule has 1 atom stereocenters. The van der Waals surface area contributed by atoms with Gasteiger partial charge < -0.3 is 0 Å². The summed E-state index contributed by atoms with van der Waals surface area (Å²) in [6, 6.07) is 17.8. The summed E-state index contributed by atoms with van der Waals surface area (Å²) in [5.74, 6) is 0. The SMILES string of the molecule is C=CC[Si](Br)(CCCC)c1cccc2ccccc12. The fraction of sp³-hybridized carbons (Fsp3) is 0.294. The van der Waals surface area contributed by atoms with Crippen molar-refractivity contribution in [2.75, 3.05) is 0 Å². The van der Waals surface area contributed by atoms with Crippen molar-refractivity contribution in [3.05, 3.63) is 55.1 Å². The van der Waals surface area contributed by atoms with E-state index in [1.54, 1.807) is 0 Å². The summed E-state index contributed by atoms with van der Waals surface area (Å²) in [7, 11) is 0. The third-order valence-electron chi connectivity index (χ3n) is 3.67. The molecule has 0 fully saturated rings. The van der Waals surface area contributed by atoms with Gasteiger partial charge in [-0.1, -0.05) is 68.3 Å². The smallest absolute Gasteiger partial charge is 0.120 e. The lowest BCUT2D eigenvalue weighted by Gasteiger charge is -2.26. The van der Waals surface area contributed by atoms with Crippen molar-refractivity contribution >= 4 is 37.9 Å². The standard InChI is InChI=1S/C17H21BrSi/c1-3-5-14-19(18,13-4-2)17-12-8-10-15-9-6-7-11-16(15)17/h4,6-12H,2-3,5,13-14H2,1H3. The first-order chi connectivity index (χ1) is 9.21. The molecule has 100 valence electrons. The lowest BCUT2D eigenvalue weighted by molar-refractivity contribution is 0.874. The summed E-state index contributed by atoms with van der Waals surface area (Å²) in [5.41, 5.74) is 0. The summed E-state index contributed by atoms with van der Waals surface area (Å²) >= 11 is 4.14. The summed E-state index contributed by atoms with van der Waals surface area (Å²) in [6.07, 6.45) is 4.62. The van der Waals surface area contributed by atoms with Crippen LogP contribution in [0.2, 0.25) is 12.1 Å². The van der Waals surface area contributed by atoms with Crippen molar-refractivity contribution in [1.82, 2.24) is 0 Å². The molecular formula is C17H21BrSi. The number of allylic oxidation sites excluding steroid dienone is 1. The molecule has 0 aliphatic heterocycles.